The first-order chi connectivity index (χ1) is 7.36. The molecule has 0 aliphatic carbocycles. The second kappa shape index (κ2) is 2.88. The first-order valence-electron chi connectivity index (χ1n) is 4.49. The lowest BCUT2D eigenvalue weighted by Crippen LogP contribution is -2.02. The fourth-order valence-electron chi connectivity index (χ4n) is 1.56. The van der Waals surface area contributed by atoms with Gasteiger partial charge >= 0.3 is 0 Å². The molecule has 0 fully saturated rings. The van der Waals surface area contributed by atoms with E-state index in [-0.39, 0.29) is 11.1 Å². The number of para-hydroxylation sites is 1. The van der Waals surface area contributed by atoms with Gasteiger partial charge in [-0.1, -0.05) is 12.1 Å². The Morgan fingerprint density at radius 3 is 2.87 bits per heavy atom. The van der Waals surface area contributed by atoms with Crippen molar-refractivity contribution in [2.24, 2.45) is 0 Å². The molecule has 0 radical (unpaired) electrons. The summed E-state index contributed by atoms with van der Waals surface area (Å²) in [6.45, 7) is 0. The maximum Gasteiger partial charge on any atom is 0.250 e. The van der Waals surface area contributed by atoms with Gasteiger partial charge in [0.2, 0.25) is 11.1 Å². The SMILES string of the molecule is O=c1c2ccccc2oc2nnccc12. The van der Waals surface area contributed by atoms with Crippen LogP contribution in [-0.4, -0.2) is 10.2 Å². The van der Waals surface area contributed by atoms with Gasteiger partial charge in [-0.15, -0.1) is 5.10 Å². The molecule has 2 heterocycles. The zero-order valence-electron chi connectivity index (χ0n) is 7.68. The van der Waals surface area contributed by atoms with Crippen LogP contribution in [0, 0.1) is 0 Å². The lowest BCUT2D eigenvalue weighted by molar-refractivity contribution is 0.636. The van der Waals surface area contributed by atoms with Crippen LogP contribution in [0.3, 0.4) is 0 Å². The largest absolute Gasteiger partial charge is 0.436 e. The molecule has 4 nitrogen and oxygen atoms in total. The molecule has 4 heteroatoms. The molecule has 0 aliphatic heterocycles. The van der Waals surface area contributed by atoms with Crippen molar-refractivity contribution in [1.29, 1.82) is 0 Å². The monoisotopic (exact) mass is 198 g/mol. The average Bonchev–Trinajstić information content (AvgIpc) is 2.30. The predicted octanol–water partition coefficient (Wildman–Crippen LogP) is 1.74. The molecular weight excluding hydrogens is 192 g/mol. The van der Waals surface area contributed by atoms with Crippen LogP contribution in [-0.2, 0) is 0 Å². The summed E-state index contributed by atoms with van der Waals surface area (Å²) in [5.74, 6) is 0. The highest BCUT2D eigenvalue weighted by molar-refractivity contribution is 5.87. The molecular formula is C11H6N2O2. The highest BCUT2D eigenvalue weighted by atomic mass is 16.3. The van der Waals surface area contributed by atoms with Gasteiger partial charge < -0.3 is 4.42 Å². The summed E-state index contributed by atoms with van der Waals surface area (Å²) in [4.78, 5) is 12.0. The number of benzene rings is 1. The molecule has 1 aromatic carbocycles. The highest BCUT2D eigenvalue weighted by Crippen LogP contribution is 2.14. The predicted molar refractivity (Wildman–Crippen MR) is 55.6 cm³/mol. The molecule has 2 aromatic heterocycles. The van der Waals surface area contributed by atoms with Crippen molar-refractivity contribution in [3.8, 4) is 0 Å². The van der Waals surface area contributed by atoms with Crippen LogP contribution in [0.4, 0.5) is 0 Å². The zero-order chi connectivity index (χ0) is 10.3. The lowest BCUT2D eigenvalue weighted by Gasteiger charge is -1.97. The minimum Gasteiger partial charge on any atom is -0.436 e. The molecule has 0 N–H and O–H groups in total. The van der Waals surface area contributed by atoms with Gasteiger partial charge in [0.15, 0.2) is 0 Å². The summed E-state index contributed by atoms with van der Waals surface area (Å²) in [5.41, 5.74) is 0.749. The summed E-state index contributed by atoms with van der Waals surface area (Å²) in [6, 6.07) is 8.71. The summed E-state index contributed by atoms with van der Waals surface area (Å²) >= 11 is 0. The number of nitrogens with zero attached hydrogens (tertiary/aromatic N) is 2. The normalized spacial score (nSPS) is 10.9. The minimum absolute atomic E-state index is 0.0678. The van der Waals surface area contributed by atoms with Crippen molar-refractivity contribution in [2.45, 2.75) is 0 Å². The van der Waals surface area contributed by atoms with Gasteiger partial charge in [0.05, 0.1) is 17.0 Å². The molecule has 3 aromatic rings. The molecule has 0 atom stereocenters. The maximum atomic E-state index is 12.0. The van der Waals surface area contributed by atoms with E-state index in [1.807, 2.05) is 6.07 Å². The molecule has 0 saturated carbocycles. The van der Waals surface area contributed by atoms with E-state index < -0.39 is 0 Å². The summed E-state index contributed by atoms with van der Waals surface area (Å²) in [7, 11) is 0. The Morgan fingerprint density at radius 2 is 1.93 bits per heavy atom. The maximum absolute atomic E-state index is 12.0. The second-order valence-corrected chi connectivity index (χ2v) is 3.18. The van der Waals surface area contributed by atoms with Crippen molar-refractivity contribution in [3.05, 3.63) is 46.8 Å². The molecule has 0 saturated heterocycles. The molecule has 0 bridgehead atoms. The van der Waals surface area contributed by atoms with Crippen LogP contribution in [0.2, 0.25) is 0 Å². The standard InChI is InChI=1S/C11H6N2O2/c14-10-7-3-1-2-4-9(7)15-11-8(10)5-6-12-13-11/h1-6H. The third kappa shape index (κ3) is 1.11. The highest BCUT2D eigenvalue weighted by Gasteiger charge is 2.06. The second-order valence-electron chi connectivity index (χ2n) is 3.18. The van der Waals surface area contributed by atoms with Crippen molar-refractivity contribution >= 4 is 22.1 Å². The van der Waals surface area contributed by atoms with E-state index in [0.29, 0.717) is 16.4 Å². The van der Waals surface area contributed by atoms with Crippen LogP contribution in [0.25, 0.3) is 22.1 Å². The molecule has 15 heavy (non-hydrogen) atoms. The Balaban J connectivity index is 2.66. The molecule has 0 unspecified atom stereocenters. The number of fused-ring (bicyclic) bond motifs is 2. The van der Waals surface area contributed by atoms with E-state index in [1.54, 1.807) is 24.3 Å². The van der Waals surface area contributed by atoms with E-state index in [1.165, 1.54) is 6.20 Å². The lowest BCUT2D eigenvalue weighted by atomic mass is 10.2. The molecule has 3 rings (SSSR count). The van der Waals surface area contributed by atoms with Crippen molar-refractivity contribution < 1.29 is 4.42 Å². The van der Waals surface area contributed by atoms with Crippen molar-refractivity contribution in [1.82, 2.24) is 10.2 Å². The van der Waals surface area contributed by atoms with Gasteiger partial charge in [-0.05, 0) is 18.2 Å². The zero-order valence-corrected chi connectivity index (χ0v) is 7.68. The molecule has 0 amide bonds. The molecule has 0 aliphatic rings. The Kier molecular flexibility index (Phi) is 1.56. The van der Waals surface area contributed by atoms with E-state index in [4.69, 9.17) is 4.42 Å². The summed E-state index contributed by atoms with van der Waals surface area (Å²) in [6.07, 6.45) is 1.48. The van der Waals surface area contributed by atoms with Gasteiger partial charge in [0.1, 0.15) is 5.58 Å². The van der Waals surface area contributed by atoms with Crippen LogP contribution in [0.15, 0.2) is 45.7 Å². The quantitative estimate of drug-likeness (QED) is 0.516. The third-order valence-electron chi connectivity index (χ3n) is 2.27. The van der Waals surface area contributed by atoms with Crippen LogP contribution >= 0.6 is 0 Å². The Morgan fingerprint density at radius 1 is 1.07 bits per heavy atom. The van der Waals surface area contributed by atoms with E-state index in [9.17, 15) is 4.79 Å². The number of hydrogen-bond acceptors (Lipinski definition) is 4. The number of hydrogen-bond donors (Lipinski definition) is 0. The van der Waals surface area contributed by atoms with Gasteiger partial charge in [0.25, 0.3) is 0 Å². The van der Waals surface area contributed by atoms with Gasteiger partial charge in [0, 0.05) is 0 Å². The van der Waals surface area contributed by atoms with Crippen LogP contribution < -0.4 is 5.43 Å². The first kappa shape index (κ1) is 8.11. The fraction of sp³-hybridized carbons (Fsp3) is 0. The van der Waals surface area contributed by atoms with Gasteiger partial charge in [-0.2, -0.15) is 5.10 Å². The molecule has 0 spiro atoms. The summed E-state index contributed by atoms with van der Waals surface area (Å²) < 4.78 is 5.45. The van der Waals surface area contributed by atoms with Gasteiger partial charge in [-0.25, -0.2) is 0 Å². The van der Waals surface area contributed by atoms with Crippen LogP contribution in [0.1, 0.15) is 0 Å². The van der Waals surface area contributed by atoms with Crippen LogP contribution in [0.5, 0.6) is 0 Å². The smallest absolute Gasteiger partial charge is 0.250 e. The number of aromatic nitrogens is 2. The number of rotatable bonds is 0. The van der Waals surface area contributed by atoms with E-state index in [2.05, 4.69) is 10.2 Å². The van der Waals surface area contributed by atoms with Crippen molar-refractivity contribution in [3.63, 3.8) is 0 Å². The van der Waals surface area contributed by atoms with Crippen molar-refractivity contribution in [2.75, 3.05) is 0 Å². The van der Waals surface area contributed by atoms with E-state index in [0.717, 1.165) is 0 Å². The minimum atomic E-state index is -0.0678. The topological polar surface area (TPSA) is 56.0 Å². The Labute approximate surface area is 84.2 Å². The Bertz CT molecular complexity index is 646. The average molecular weight is 198 g/mol. The molecule has 72 valence electrons. The Hall–Kier alpha value is -2.23. The fourth-order valence-corrected chi connectivity index (χ4v) is 1.56. The first-order valence-corrected chi connectivity index (χ1v) is 4.49. The third-order valence-corrected chi connectivity index (χ3v) is 2.27. The summed E-state index contributed by atoms with van der Waals surface area (Å²) in [5, 5.41) is 8.48. The van der Waals surface area contributed by atoms with E-state index >= 15 is 0 Å². The van der Waals surface area contributed by atoms with Gasteiger partial charge in [-0.3, -0.25) is 4.79 Å².